The van der Waals surface area contributed by atoms with Crippen molar-refractivity contribution in [2.24, 2.45) is 0 Å². The van der Waals surface area contributed by atoms with Gasteiger partial charge in [0.15, 0.2) is 5.88 Å². The zero-order valence-electron chi connectivity index (χ0n) is 13.4. The molecule has 3 heteroatoms. The molecule has 0 saturated carbocycles. The molecule has 1 atom stereocenters. The van der Waals surface area contributed by atoms with Crippen molar-refractivity contribution >= 4 is 11.4 Å². The molecule has 1 aliphatic heterocycles. The SMILES string of the molecule is COC1=C(C)C(C)N(c2ccccc2)CN1c1ccccc1. The summed E-state index contributed by atoms with van der Waals surface area (Å²) in [6.07, 6.45) is 0. The highest BCUT2D eigenvalue weighted by Gasteiger charge is 2.30. The molecule has 3 nitrogen and oxygen atoms in total. The predicted molar refractivity (Wildman–Crippen MR) is 91.9 cm³/mol. The maximum absolute atomic E-state index is 5.70. The van der Waals surface area contributed by atoms with Crippen LogP contribution in [0.4, 0.5) is 11.4 Å². The van der Waals surface area contributed by atoms with Gasteiger partial charge in [-0.05, 0) is 38.1 Å². The van der Waals surface area contributed by atoms with E-state index in [9.17, 15) is 0 Å². The van der Waals surface area contributed by atoms with E-state index in [1.165, 1.54) is 11.3 Å². The first-order chi connectivity index (χ1) is 10.7. The number of nitrogens with zero attached hydrogens (tertiary/aromatic N) is 2. The van der Waals surface area contributed by atoms with Crippen LogP contribution in [0, 0.1) is 0 Å². The van der Waals surface area contributed by atoms with Gasteiger partial charge in [-0.15, -0.1) is 0 Å². The largest absolute Gasteiger partial charge is 0.482 e. The minimum absolute atomic E-state index is 0.303. The van der Waals surface area contributed by atoms with Crippen LogP contribution in [0.15, 0.2) is 72.1 Å². The van der Waals surface area contributed by atoms with Crippen molar-refractivity contribution in [2.75, 3.05) is 23.6 Å². The lowest BCUT2D eigenvalue weighted by Gasteiger charge is -2.43. The molecule has 2 aromatic rings. The van der Waals surface area contributed by atoms with Gasteiger partial charge in [-0.3, -0.25) is 4.90 Å². The van der Waals surface area contributed by atoms with Crippen LogP contribution in [0.5, 0.6) is 0 Å². The maximum atomic E-state index is 5.70. The second kappa shape index (κ2) is 6.14. The maximum Gasteiger partial charge on any atom is 0.195 e. The molecular formula is C19H22N2O. The first kappa shape index (κ1) is 14.5. The average Bonchev–Trinajstić information content (AvgIpc) is 2.58. The van der Waals surface area contributed by atoms with Crippen LogP contribution in [-0.2, 0) is 4.74 Å². The van der Waals surface area contributed by atoms with Gasteiger partial charge in [0.1, 0.15) is 0 Å². The van der Waals surface area contributed by atoms with E-state index in [1.54, 1.807) is 7.11 Å². The van der Waals surface area contributed by atoms with Crippen LogP contribution < -0.4 is 9.80 Å². The van der Waals surface area contributed by atoms with Crippen LogP contribution in [0.1, 0.15) is 13.8 Å². The van der Waals surface area contributed by atoms with E-state index in [-0.39, 0.29) is 0 Å². The zero-order valence-corrected chi connectivity index (χ0v) is 13.4. The summed E-state index contributed by atoms with van der Waals surface area (Å²) in [5.74, 6) is 0.950. The lowest BCUT2D eigenvalue weighted by Crippen LogP contribution is -2.49. The monoisotopic (exact) mass is 294 g/mol. The molecule has 114 valence electrons. The van der Waals surface area contributed by atoms with Crippen LogP contribution in [0.2, 0.25) is 0 Å². The van der Waals surface area contributed by atoms with E-state index in [4.69, 9.17) is 4.74 Å². The number of para-hydroxylation sites is 2. The second-order valence-corrected chi connectivity index (χ2v) is 5.58. The van der Waals surface area contributed by atoms with Gasteiger partial charge in [0, 0.05) is 16.9 Å². The third kappa shape index (κ3) is 2.54. The van der Waals surface area contributed by atoms with E-state index >= 15 is 0 Å². The Kier molecular flexibility index (Phi) is 4.05. The summed E-state index contributed by atoms with van der Waals surface area (Å²) in [6.45, 7) is 5.15. The molecule has 0 fully saturated rings. The van der Waals surface area contributed by atoms with Crippen LogP contribution in [-0.4, -0.2) is 19.8 Å². The van der Waals surface area contributed by atoms with Gasteiger partial charge in [0.25, 0.3) is 0 Å². The fourth-order valence-electron chi connectivity index (χ4n) is 2.97. The molecule has 1 aliphatic rings. The number of hydrogen-bond donors (Lipinski definition) is 0. The minimum atomic E-state index is 0.303. The van der Waals surface area contributed by atoms with Crippen LogP contribution in [0.25, 0.3) is 0 Å². The highest BCUT2D eigenvalue weighted by molar-refractivity contribution is 5.59. The molecule has 0 aliphatic carbocycles. The lowest BCUT2D eigenvalue weighted by atomic mass is 10.1. The molecule has 0 aromatic heterocycles. The van der Waals surface area contributed by atoms with Crippen molar-refractivity contribution in [3.8, 4) is 0 Å². The van der Waals surface area contributed by atoms with Gasteiger partial charge in [0.05, 0.1) is 19.8 Å². The molecule has 1 unspecified atom stereocenters. The number of benzene rings is 2. The van der Waals surface area contributed by atoms with Gasteiger partial charge in [-0.25, -0.2) is 0 Å². The zero-order chi connectivity index (χ0) is 15.5. The van der Waals surface area contributed by atoms with Crippen molar-refractivity contribution in [2.45, 2.75) is 19.9 Å². The number of methoxy groups -OCH3 is 1. The summed E-state index contributed by atoms with van der Waals surface area (Å²) in [4.78, 5) is 4.62. The number of hydrogen-bond acceptors (Lipinski definition) is 3. The molecule has 0 N–H and O–H groups in total. The fourth-order valence-corrected chi connectivity index (χ4v) is 2.97. The minimum Gasteiger partial charge on any atom is -0.482 e. The fraction of sp³-hybridized carbons (Fsp3) is 0.263. The standard InChI is InChI=1S/C19H22N2O/c1-15-16(2)20(17-10-6-4-7-11-17)14-21(19(15)22-3)18-12-8-5-9-13-18/h4-13,16H,14H2,1-3H3. The molecule has 0 bridgehead atoms. The summed E-state index contributed by atoms with van der Waals surface area (Å²) < 4.78 is 5.70. The molecule has 1 heterocycles. The van der Waals surface area contributed by atoms with Crippen molar-refractivity contribution in [1.29, 1.82) is 0 Å². The summed E-state index contributed by atoms with van der Waals surface area (Å²) in [7, 11) is 1.75. The third-order valence-corrected chi connectivity index (χ3v) is 4.32. The van der Waals surface area contributed by atoms with Gasteiger partial charge in [0.2, 0.25) is 0 Å². The summed E-state index contributed by atoms with van der Waals surface area (Å²) >= 11 is 0. The Hall–Kier alpha value is -2.42. The Morgan fingerprint density at radius 1 is 0.909 bits per heavy atom. The normalized spacial score (nSPS) is 18.6. The molecule has 3 rings (SSSR count). The molecule has 0 radical (unpaired) electrons. The lowest BCUT2D eigenvalue weighted by molar-refractivity contribution is 0.264. The van der Waals surface area contributed by atoms with E-state index in [1.807, 2.05) is 6.07 Å². The second-order valence-electron chi connectivity index (χ2n) is 5.58. The number of ether oxygens (including phenoxy) is 1. The van der Waals surface area contributed by atoms with E-state index < -0.39 is 0 Å². The Morgan fingerprint density at radius 2 is 1.45 bits per heavy atom. The van der Waals surface area contributed by atoms with Gasteiger partial charge < -0.3 is 9.64 Å². The Bertz CT molecular complexity index is 652. The molecule has 0 amide bonds. The van der Waals surface area contributed by atoms with Crippen molar-refractivity contribution in [3.05, 3.63) is 72.1 Å². The molecule has 0 saturated heterocycles. The van der Waals surface area contributed by atoms with Gasteiger partial charge in [-0.1, -0.05) is 36.4 Å². The highest BCUT2D eigenvalue weighted by Crippen LogP contribution is 2.32. The third-order valence-electron chi connectivity index (χ3n) is 4.32. The van der Waals surface area contributed by atoms with E-state index in [0.29, 0.717) is 6.04 Å². The van der Waals surface area contributed by atoms with Crippen molar-refractivity contribution < 1.29 is 4.74 Å². The number of anilines is 2. The molecule has 22 heavy (non-hydrogen) atoms. The molecule has 2 aromatic carbocycles. The van der Waals surface area contributed by atoms with Gasteiger partial charge in [-0.2, -0.15) is 0 Å². The first-order valence-electron chi connectivity index (χ1n) is 7.61. The smallest absolute Gasteiger partial charge is 0.195 e. The number of rotatable bonds is 3. The van der Waals surface area contributed by atoms with Crippen molar-refractivity contribution in [3.63, 3.8) is 0 Å². The molecule has 0 spiro atoms. The van der Waals surface area contributed by atoms with E-state index in [2.05, 4.69) is 78.2 Å². The molecular weight excluding hydrogens is 272 g/mol. The summed E-state index contributed by atoms with van der Waals surface area (Å²) in [5, 5.41) is 0. The topological polar surface area (TPSA) is 15.7 Å². The van der Waals surface area contributed by atoms with Crippen molar-refractivity contribution in [1.82, 2.24) is 0 Å². The van der Waals surface area contributed by atoms with Gasteiger partial charge >= 0.3 is 0 Å². The first-order valence-corrected chi connectivity index (χ1v) is 7.61. The average molecular weight is 294 g/mol. The summed E-state index contributed by atoms with van der Waals surface area (Å²) in [6, 6.07) is 21.2. The Morgan fingerprint density at radius 3 is 2.00 bits per heavy atom. The highest BCUT2D eigenvalue weighted by atomic mass is 16.5. The van der Waals surface area contributed by atoms with E-state index in [0.717, 1.165) is 18.2 Å². The van der Waals surface area contributed by atoms with Crippen LogP contribution >= 0.6 is 0 Å². The Labute approximate surface area is 132 Å². The summed E-state index contributed by atoms with van der Waals surface area (Å²) in [5.41, 5.74) is 3.61. The predicted octanol–water partition coefficient (Wildman–Crippen LogP) is 4.24. The Balaban J connectivity index is 2.03. The quantitative estimate of drug-likeness (QED) is 0.842. The van der Waals surface area contributed by atoms with Crippen LogP contribution in [0.3, 0.4) is 0 Å².